The molecule has 1 saturated heterocycles. The van der Waals surface area contributed by atoms with Crippen molar-refractivity contribution in [2.75, 3.05) is 6.54 Å². The Hall–Kier alpha value is -1.55. The molecule has 1 fully saturated rings. The van der Waals surface area contributed by atoms with Gasteiger partial charge in [0, 0.05) is 6.54 Å². The summed E-state index contributed by atoms with van der Waals surface area (Å²) in [5, 5.41) is -0.166. The molecule has 0 saturated carbocycles. The van der Waals surface area contributed by atoms with Gasteiger partial charge in [0.15, 0.2) is 0 Å². The van der Waals surface area contributed by atoms with Crippen LogP contribution < -0.4 is 0 Å². The first kappa shape index (κ1) is 12.9. The normalized spacial score (nSPS) is 17.9. The van der Waals surface area contributed by atoms with Crippen molar-refractivity contribution in [3.8, 4) is 0 Å². The van der Waals surface area contributed by atoms with Crippen molar-refractivity contribution >= 4 is 29.0 Å². The Kier molecular flexibility index (Phi) is 3.87. The van der Waals surface area contributed by atoms with Gasteiger partial charge in [-0.1, -0.05) is 36.8 Å². The number of rotatable bonds is 3. The van der Waals surface area contributed by atoms with Gasteiger partial charge in [0.25, 0.3) is 11.1 Å². The maximum atomic E-state index is 12.0. The van der Waals surface area contributed by atoms with Gasteiger partial charge in [-0.2, -0.15) is 0 Å². The molecule has 0 radical (unpaired) electrons. The van der Waals surface area contributed by atoms with Crippen LogP contribution in [0.5, 0.6) is 0 Å². The third-order valence-corrected chi connectivity index (χ3v) is 3.60. The van der Waals surface area contributed by atoms with Gasteiger partial charge in [0.1, 0.15) is 0 Å². The van der Waals surface area contributed by atoms with E-state index in [0.29, 0.717) is 11.4 Å². The van der Waals surface area contributed by atoms with Crippen LogP contribution in [0.15, 0.2) is 29.2 Å². The minimum Gasteiger partial charge on any atom is -0.268 e. The molecule has 18 heavy (non-hydrogen) atoms. The van der Waals surface area contributed by atoms with Crippen molar-refractivity contribution in [2.45, 2.75) is 20.3 Å². The summed E-state index contributed by atoms with van der Waals surface area (Å²) >= 11 is 1.02. The highest BCUT2D eigenvalue weighted by Gasteiger charge is 2.34. The van der Waals surface area contributed by atoms with Crippen LogP contribution in [0.25, 0.3) is 6.08 Å². The molecule has 0 aliphatic carbocycles. The standard InChI is InChI=1S/C14H15NO2S/c1-3-8-15-13(16)12(18-14(15)17)9-11-6-4-10(2)5-7-11/h4-7,9H,3,8H2,1-2H3/b12-9+. The largest absolute Gasteiger partial charge is 0.293 e. The lowest BCUT2D eigenvalue weighted by atomic mass is 10.1. The molecule has 2 rings (SSSR count). The van der Waals surface area contributed by atoms with Crippen molar-refractivity contribution < 1.29 is 9.59 Å². The van der Waals surface area contributed by atoms with E-state index in [0.717, 1.165) is 23.7 Å². The van der Waals surface area contributed by atoms with Crippen LogP contribution in [0.2, 0.25) is 0 Å². The van der Waals surface area contributed by atoms with Gasteiger partial charge in [-0.25, -0.2) is 0 Å². The van der Waals surface area contributed by atoms with Gasteiger partial charge >= 0.3 is 0 Å². The SMILES string of the molecule is CCCN1C(=O)S/C(=C/c2ccc(C)cc2)C1=O. The van der Waals surface area contributed by atoms with Crippen molar-refractivity contribution in [3.05, 3.63) is 40.3 Å². The predicted octanol–water partition coefficient (Wildman–Crippen LogP) is 3.44. The molecule has 0 aromatic heterocycles. The second-order valence-corrected chi connectivity index (χ2v) is 5.24. The summed E-state index contributed by atoms with van der Waals surface area (Å²) in [5.41, 5.74) is 2.12. The second kappa shape index (κ2) is 5.40. The number of benzene rings is 1. The van der Waals surface area contributed by atoms with Gasteiger partial charge in [-0.15, -0.1) is 0 Å². The zero-order chi connectivity index (χ0) is 13.1. The van der Waals surface area contributed by atoms with Crippen LogP contribution in [0, 0.1) is 6.92 Å². The fraction of sp³-hybridized carbons (Fsp3) is 0.286. The first-order valence-corrected chi connectivity index (χ1v) is 6.75. The second-order valence-electron chi connectivity index (χ2n) is 4.24. The molecule has 1 aliphatic heterocycles. The molecule has 94 valence electrons. The summed E-state index contributed by atoms with van der Waals surface area (Å²) in [4.78, 5) is 25.5. The van der Waals surface area contributed by atoms with Crippen LogP contribution in [0.1, 0.15) is 24.5 Å². The number of aryl methyl sites for hydroxylation is 1. The number of carbonyl (C=O) groups excluding carboxylic acids is 2. The fourth-order valence-electron chi connectivity index (χ4n) is 1.73. The highest BCUT2D eigenvalue weighted by molar-refractivity contribution is 8.18. The van der Waals surface area contributed by atoms with E-state index in [1.807, 2.05) is 38.1 Å². The first-order chi connectivity index (χ1) is 8.61. The minimum absolute atomic E-state index is 0.166. The van der Waals surface area contributed by atoms with Crippen molar-refractivity contribution in [2.24, 2.45) is 0 Å². The van der Waals surface area contributed by atoms with E-state index in [2.05, 4.69) is 0 Å². The van der Waals surface area contributed by atoms with Gasteiger partial charge in [-0.05, 0) is 36.7 Å². The molecule has 0 spiro atoms. The van der Waals surface area contributed by atoms with Gasteiger partial charge < -0.3 is 0 Å². The van der Waals surface area contributed by atoms with E-state index < -0.39 is 0 Å². The van der Waals surface area contributed by atoms with Crippen LogP contribution in [0.4, 0.5) is 4.79 Å². The van der Waals surface area contributed by atoms with Crippen LogP contribution in [-0.4, -0.2) is 22.6 Å². The van der Waals surface area contributed by atoms with Gasteiger partial charge in [0.05, 0.1) is 4.91 Å². The maximum absolute atomic E-state index is 12.0. The number of thioether (sulfide) groups is 1. The highest BCUT2D eigenvalue weighted by Crippen LogP contribution is 2.32. The lowest BCUT2D eigenvalue weighted by Gasteiger charge is -2.09. The Labute approximate surface area is 111 Å². The molecule has 1 heterocycles. The molecular weight excluding hydrogens is 246 g/mol. The number of carbonyl (C=O) groups is 2. The van der Waals surface area contributed by atoms with Crippen LogP contribution >= 0.6 is 11.8 Å². The molecule has 2 amide bonds. The number of imide groups is 1. The summed E-state index contributed by atoms with van der Waals surface area (Å²) in [7, 11) is 0. The number of hydrogen-bond acceptors (Lipinski definition) is 3. The number of amides is 2. The molecule has 0 atom stereocenters. The van der Waals surface area contributed by atoms with Crippen molar-refractivity contribution in [3.63, 3.8) is 0 Å². The summed E-state index contributed by atoms with van der Waals surface area (Å²) < 4.78 is 0. The highest BCUT2D eigenvalue weighted by atomic mass is 32.2. The summed E-state index contributed by atoms with van der Waals surface area (Å²) in [6, 6.07) is 7.87. The number of nitrogens with zero attached hydrogens (tertiary/aromatic N) is 1. The zero-order valence-electron chi connectivity index (χ0n) is 10.5. The fourth-order valence-corrected chi connectivity index (χ4v) is 2.60. The molecule has 0 bridgehead atoms. The average molecular weight is 261 g/mol. The monoisotopic (exact) mass is 261 g/mol. The summed E-state index contributed by atoms with van der Waals surface area (Å²) in [6.07, 6.45) is 2.57. The molecule has 1 aliphatic rings. The lowest BCUT2D eigenvalue weighted by Crippen LogP contribution is -2.28. The first-order valence-electron chi connectivity index (χ1n) is 5.94. The molecule has 1 aromatic rings. The topological polar surface area (TPSA) is 37.4 Å². The Morgan fingerprint density at radius 1 is 1.22 bits per heavy atom. The maximum Gasteiger partial charge on any atom is 0.293 e. The van der Waals surface area contributed by atoms with Gasteiger partial charge in [0.2, 0.25) is 0 Å². The Morgan fingerprint density at radius 3 is 2.50 bits per heavy atom. The minimum atomic E-state index is -0.174. The summed E-state index contributed by atoms with van der Waals surface area (Å²) in [5.74, 6) is -0.174. The average Bonchev–Trinajstić information content (AvgIpc) is 2.60. The molecule has 0 unspecified atom stereocenters. The van der Waals surface area contributed by atoms with E-state index in [-0.39, 0.29) is 11.1 Å². The molecular formula is C14H15NO2S. The van der Waals surface area contributed by atoms with E-state index in [1.165, 1.54) is 10.5 Å². The third kappa shape index (κ3) is 2.64. The van der Waals surface area contributed by atoms with E-state index in [4.69, 9.17) is 0 Å². The van der Waals surface area contributed by atoms with Crippen molar-refractivity contribution in [1.82, 2.24) is 4.90 Å². The van der Waals surface area contributed by atoms with E-state index in [9.17, 15) is 9.59 Å². The quantitative estimate of drug-likeness (QED) is 0.782. The summed E-state index contributed by atoms with van der Waals surface area (Å²) in [6.45, 7) is 4.46. The molecule has 0 N–H and O–H groups in total. The molecule has 4 heteroatoms. The van der Waals surface area contributed by atoms with E-state index >= 15 is 0 Å². The lowest BCUT2D eigenvalue weighted by molar-refractivity contribution is -0.122. The Morgan fingerprint density at radius 2 is 1.89 bits per heavy atom. The molecule has 1 aromatic carbocycles. The third-order valence-electron chi connectivity index (χ3n) is 2.70. The van der Waals surface area contributed by atoms with Crippen molar-refractivity contribution in [1.29, 1.82) is 0 Å². The predicted molar refractivity (Wildman–Crippen MR) is 74.1 cm³/mol. The Bertz CT molecular complexity index is 505. The Balaban J connectivity index is 2.22. The van der Waals surface area contributed by atoms with Gasteiger partial charge in [-0.3, -0.25) is 14.5 Å². The van der Waals surface area contributed by atoms with Crippen LogP contribution in [0.3, 0.4) is 0 Å². The molecule has 3 nitrogen and oxygen atoms in total. The zero-order valence-corrected chi connectivity index (χ0v) is 11.3. The smallest absolute Gasteiger partial charge is 0.268 e. The van der Waals surface area contributed by atoms with E-state index in [1.54, 1.807) is 6.08 Å². The number of hydrogen-bond donors (Lipinski definition) is 0. The van der Waals surface area contributed by atoms with Crippen LogP contribution in [-0.2, 0) is 4.79 Å².